The Morgan fingerprint density at radius 1 is 1.23 bits per heavy atom. The molecule has 13 heavy (non-hydrogen) atoms. The molecule has 2 unspecified atom stereocenters. The third-order valence-corrected chi connectivity index (χ3v) is 4.40. The Balaban J connectivity index is 1.90. The van der Waals surface area contributed by atoms with Crippen LogP contribution < -0.4 is 0 Å². The van der Waals surface area contributed by atoms with Crippen LogP contribution in [-0.4, -0.2) is 51.0 Å². The molecule has 1 saturated carbocycles. The average molecular weight is 203 g/mol. The Labute approximate surface area is 81.6 Å². The zero-order chi connectivity index (χ0) is 9.26. The minimum Gasteiger partial charge on any atom is -0.391 e. The van der Waals surface area contributed by atoms with Crippen LogP contribution in [-0.2, 0) is 10.8 Å². The van der Waals surface area contributed by atoms with Crippen LogP contribution in [0.15, 0.2) is 0 Å². The minimum absolute atomic E-state index is 0.133. The molecule has 1 N–H and O–H groups in total. The van der Waals surface area contributed by atoms with E-state index in [2.05, 4.69) is 4.90 Å². The maximum Gasteiger partial charge on any atom is 0.0695 e. The van der Waals surface area contributed by atoms with Crippen molar-refractivity contribution in [1.82, 2.24) is 4.90 Å². The van der Waals surface area contributed by atoms with Gasteiger partial charge in [-0.25, -0.2) is 0 Å². The fourth-order valence-electron chi connectivity index (χ4n) is 2.33. The molecule has 0 aromatic heterocycles. The number of rotatable bonds is 1. The van der Waals surface area contributed by atoms with Gasteiger partial charge in [0.1, 0.15) is 0 Å². The molecule has 2 fully saturated rings. The molecule has 3 nitrogen and oxygen atoms in total. The third-order valence-electron chi connectivity index (χ3n) is 3.13. The van der Waals surface area contributed by atoms with Crippen LogP contribution in [0.5, 0.6) is 0 Å². The van der Waals surface area contributed by atoms with Crippen molar-refractivity contribution in [2.24, 2.45) is 0 Å². The second kappa shape index (κ2) is 4.07. The third kappa shape index (κ3) is 2.11. The van der Waals surface area contributed by atoms with Gasteiger partial charge in [0, 0.05) is 41.4 Å². The van der Waals surface area contributed by atoms with Crippen LogP contribution in [0.25, 0.3) is 0 Å². The van der Waals surface area contributed by atoms with Gasteiger partial charge in [0.25, 0.3) is 0 Å². The van der Waals surface area contributed by atoms with Crippen LogP contribution in [0.1, 0.15) is 19.3 Å². The summed E-state index contributed by atoms with van der Waals surface area (Å²) in [6, 6.07) is 0.359. The van der Waals surface area contributed by atoms with Crippen LogP contribution in [0.3, 0.4) is 0 Å². The van der Waals surface area contributed by atoms with E-state index in [0.29, 0.717) is 6.04 Å². The summed E-state index contributed by atoms with van der Waals surface area (Å²) in [5.41, 5.74) is 0. The topological polar surface area (TPSA) is 40.5 Å². The highest BCUT2D eigenvalue weighted by Crippen LogP contribution is 2.24. The quantitative estimate of drug-likeness (QED) is 0.650. The van der Waals surface area contributed by atoms with E-state index in [1.165, 1.54) is 0 Å². The predicted molar refractivity (Wildman–Crippen MR) is 53.1 cm³/mol. The lowest BCUT2D eigenvalue weighted by molar-refractivity contribution is 0.0764. The van der Waals surface area contributed by atoms with Crippen molar-refractivity contribution < 1.29 is 9.32 Å². The predicted octanol–water partition coefficient (Wildman–Crippen LogP) is -0.0359. The standard InChI is InChI=1S/C9H17NO2S/c11-9-3-1-2-8(9)10-4-6-13(12)7-5-10/h8-9,11H,1-7H2. The molecule has 1 aliphatic carbocycles. The number of aliphatic hydroxyl groups excluding tert-OH is 1. The van der Waals surface area contributed by atoms with Gasteiger partial charge in [0.15, 0.2) is 0 Å². The van der Waals surface area contributed by atoms with E-state index in [-0.39, 0.29) is 6.10 Å². The highest BCUT2D eigenvalue weighted by atomic mass is 32.2. The van der Waals surface area contributed by atoms with E-state index in [0.717, 1.165) is 43.9 Å². The van der Waals surface area contributed by atoms with Gasteiger partial charge in [-0.05, 0) is 19.3 Å². The Bertz CT molecular complexity index is 200. The molecule has 0 bridgehead atoms. The van der Waals surface area contributed by atoms with Crippen LogP contribution in [0.2, 0.25) is 0 Å². The van der Waals surface area contributed by atoms with E-state index < -0.39 is 10.8 Å². The normalized spacial score (nSPS) is 38.2. The summed E-state index contributed by atoms with van der Waals surface area (Å²) in [7, 11) is -0.596. The smallest absolute Gasteiger partial charge is 0.0695 e. The molecule has 1 heterocycles. The van der Waals surface area contributed by atoms with Crippen molar-refractivity contribution in [2.75, 3.05) is 24.6 Å². The second-order valence-electron chi connectivity index (χ2n) is 3.95. The molecule has 0 aromatic carbocycles. The molecule has 0 radical (unpaired) electrons. The lowest BCUT2D eigenvalue weighted by atomic mass is 10.2. The first-order chi connectivity index (χ1) is 6.27. The zero-order valence-electron chi connectivity index (χ0n) is 7.82. The number of hydrogen-bond acceptors (Lipinski definition) is 3. The molecule has 2 aliphatic rings. The highest BCUT2D eigenvalue weighted by Gasteiger charge is 2.32. The first-order valence-electron chi connectivity index (χ1n) is 5.04. The molecule has 1 aliphatic heterocycles. The summed E-state index contributed by atoms with van der Waals surface area (Å²) in [4.78, 5) is 2.32. The largest absolute Gasteiger partial charge is 0.391 e. The maximum atomic E-state index is 11.1. The lowest BCUT2D eigenvalue weighted by Crippen LogP contribution is -2.47. The van der Waals surface area contributed by atoms with Gasteiger partial charge in [-0.3, -0.25) is 9.11 Å². The summed E-state index contributed by atoms with van der Waals surface area (Å²) in [5, 5.41) is 9.69. The van der Waals surface area contributed by atoms with Gasteiger partial charge in [-0.2, -0.15) is 0 Å². The van der Waals surface area contributed by atoms with Crippen molar-refractivity contribution in [3.63, 3.8) is 0 Å². The second-order valence-corrected chi connectivity index (χ2v) is 5.65. The van der Waals surface area contributed by atoms with Gasteiger partial charge in [-0.1, -0.05) is 0 Å². The fourth-order valence-corrected chi connectivity index (χ4v) is 3.41. The Kier molecular flexibility index (Phi) is 3.01. The summed E-state index contributed by atoms with van der Waals surface area (Å²) in [6.07, 6.45) is 3.08. The Hall–Kier alpha value is 0.0700. The number of hydrogen-bond donors (Lipinski definition) is 1. The monoisotopic (exact) mass is 203 g/mol. The first-order valence-corrected chi connectivity index (χ1v) is 6.53. The van der Waals surface area contributed by atoms with E-state index in [1.54, 1.807) is 0 Å². The highest BCUT2D eigenvalue weighted by molar-refractivity contribution is 7.85. The van der Waals surface area contributed by atoms with Crippen LogP contribution >= 0.6 is 0 Å². The van der Waals surface area contributed by atoms with E-state index in [9.17, 15) is 9.32 Å². The van der Waals surface area contributed by atoms with Crippen LogP contribution in [0, 0.1) is 0 Å². The molecule has 1 saturated heterocycles. The van der Waals surface area contributed by atoms with Gasteiger partial charge in [0.2, 0.25) is 0 Å². The summed E-state index contributed by atoms with van der Waals surface area (Å²) in [5.74, 6) is 1.59. The zero-order valence-corrected chi connectivity index (χ0v) is 8.63. The summed E-state index contributed by atoms with van der Waals surface area (Å²) >= 11 is 0. The maximum absolute atomic E-state index is 11.1. The number of nitrogens with zero attached hydrogens (tertiary/aromatic N) is 1. The van der Waals surface area contributed by atoms with Crippen molar-refractivity contribution in [3.05, 3.63) is 0 Å². The summed E-state index contributed by atoms with van der Waals surface area (Å²) < 4.78 is 11.1. The first kappa shape index (κ1) is 9.62. The van der Waals surface area contributed by atoms with Crippen molar-refractivity contribution >= 4 is 10.8 Å². The lowest BCUT2D eigenvalue weighted by Gasteiger charge is -2.33. The molecule has 76 valence electrons. The van der Waals surface area contributed by atoms with Gasteiger partial charge < -0.3 is 5.11 Å². The summed E-state index contributed by atoms with van der Waals surface area (Å²) in [6.45, 7) is 1.82. The molecule has 0 amide bonds. The average Bonchev–Trinajstić information content (AvgIpc) is 2.53. The molecule has 2 rings (SSSR count). The Morgan fingerprint density at radius 2 is 1.92 bits per heavy atom. The molecular formula is C9H17NO2S. The molecular weight excluding hydrogens is 186 g/mol. The molecule has 2 atom stereocenters. The van der Waals surface area contributed by atoms with Crippen molar-refractivity contribution in [2.45, 2.75) is 31.4 Å². The molecule has 4 heteroatoms. The van der Waals surface area contributed by atoms with Gasteiger partial charge in [0.05, 0.1) is 6.10 Å². The van der Waals surface area contributed by atoms with E-state index in [4.69, 9.17) is 0 Å². The van der Waals surface area contributed by atoms with Crippen LogP contribution in [0.4, 0.5) is 0 Å². The van der Waals surface area contributed by atoms with Crippen molar-refractivity contribution in [3.8, 4) is 0 Å². The molecule has 0 aromatic rings. The molecule has 0 spiro atoms. The van der Waals surface area contributed by atoms with Crippen molar-refractivity contribution in [1.29, 1.82) is 0 Å². The number of aliphatic hydroxyl groups is 1. The van der Waals surface area contributed by atoms with Gasteiger partial charge in [-0.15, -0.1) is 0 Å². The van der Waals surface area contributed by atoms with E-state index in [1.807, 2.05) is 0 Å². The SMILES string of the molecule is O=S1CCN(C2CCCC2O)CC1. The van der Waals surface area contributed by atoms with E-state index >= 15 is 0 Å². The van der Waals surface area contributed by atoms with Gasteiger partial charge >= 0.3 is 0 Å². The Morgan fingerprint density at radius 3 is 2.46 bits per heavy atom. The fraction of sp³-hybridized carbons (Fsp3) is 1.00. The minimum atomic E-state index is -0.596.